The van der Waals surface area contributed by atoms with E-state index in [0.717, 1.165) is 0 Å². The summed E-state index contributed by atoms with van der Waals surface area (Å²) in [5.74, 6) is -0.290. The number of carbonyl (C=O) groups is 2. The molecule has 0 rings (SSSR count). The third kappa shape index (κ3) is 4.18. The van der Waals surface area contributed by atoms with Crippen LogP contribution in [-0.2, 0) is 9.53 Å². The third-order valence-corrected chi connectivity index (χ3v) is 2.64. The first-order chi connectivity index (χ1) is 7.47. The van der Waals surface area contributed by atoms with Gasteiger partial charge in [-0.05, 0) is 19.8 Å². The van der Waals surface area contributed by atoms with Crippen molar-refractivity contribution in [1.29, 1.82) is 0 Å². The summed E-state index contributed by atoms with van der Waals surface area (Å²) in [5, 5.41) is 11.8. The number of Topliss-reactive ketones (excluding diaryl/α,β-unsaturated/α-hetero) is 1. The molecule has 0 aromatic carbocycles. The highest BCUT2D eigenvalue weighted by molar-refractivity contribution is 5.89. The Balaban J connectivity index is 4.64. The highest BCUT2D eigenvalue weighted by Gasteiger charge is 2.29. The van der Waals surface area contributed by atoms with Crippen LogP contribution in [0.4, 0.5) is 4.79 Å². The molecule has 0 radical (unpaired) electrons. The van der Waals surface area contributed by atoms with Crippen molar-refractivity contribution in [2.24, 2.45) is 5.92 Å². The van der Waals surface area contributed by atoms with Crippen LogP contribution in [0, 0.1) is 5.92 Å². The minimum atomic E-state index is -0.924. The van der Waals surface area contributed by atoms with Gasteiger partial charge in [0, 0.05) is 5.92 Å². The molecule has 0 aliphatic rings. The average Bonchev–Trinajstić information content (AvgIpc) is 2.26. The summed E-state index contributed by atoms with van der Waals surface area (Å²) >= 11 is 0. The van der Waals surface area contributed by atoms with E-state index < -0.39 is 18.2 Å². The molecule has 5 nitrogen and oxygen atoms in total. The van der Waals surface area contributed by atoms with Crippen LogP contribution in [-0.4, -0.2) is 36.2 Å². The van der Waals surface area contributed by atoms with Gasteiger partial charge in [-0.2, -0.15) is 0 Å². The molecule has 0 aliphatic heterocycles. The summed E-state index contributed by atoms with van der Waals surface area (Å²) < 4.78 is 4.41. The topological polar surface area (TPSA) is 75.6 Å². The maximum absolute atomic E-state index is 12.0. The number of hydrogen-bond acceptors (Lipinski definition) is 4. The minimum absolute atomic E-state index is 0.142. The lowest BCUT2D eigenvalue weighted by Gasteiger charge is -2.23. The summed E-state index contributed by atoms with van der Waals surface area (Å²) in [5.41, 5.74) is 0. The molecule has 2 atom stereocenters. The van der Waals surface area contributed by atoms with E-state index in [-0.39, 0.29) is 11.7 Å². The molecule has 94 valence electrons. The Kier molecular flexibility index (Phi) is 6.72. The van der Waals surface area contributed by atoms with Gasteiger partial charge in [-0.3, -0.25) is 4.79 Å². The number of methoxy groups -OCH3 is 1. The number of ether oxygens (including phenoxy) is 1. The Hall–Kier alpha value is -1.10. The van der Waals surface area contributed by atoms with E-state index in [1.807, 2.05) is 13.8 Å². The SMILES string of the molecule is CCC(CC)C(=O)[C@@H](NC(=O)OC)[C@@H](C)O. The van der Waals surface area contributed by atoms with Crippen LogP contribution in [0.2, 0.25) is 0 Å². The molecule has 5 heteroatoms. The number of aliphatic hydroxyl groups is 1. The lowest BCUT2D eigenvalue weighted by Crippen LogP contribution is -2.49. The van der Waals surface area contributed by atoms with Crippen LogP contribution >= 0.6 is 0 Å². The van der Waals surface area contributed by atoms with Crippen LogP contribution in [0.5, 0.6) is 0 Å². The van der Waals surface area contributed by atoms with E-state index in [4.69, 9.17) is 0 Å². The van der Waals surface area contributed by atoms with E-state index >= 15 is 0 Å². The van der Waals surface area contributed by atoms with E-state index in [2.05, 4.69) is 10.1 Å². The largest absolute Gasteiger partial charge is 0.453 e. The molecule has 0 spiro atoms. The van der Waals surface area contributed by atoms with Crippen molar-refractivity contribution < 1.29 is 19.4 Å². The minimum Gasteiger partial charge on any atom is -0.453 e. The Morgan fingerprint density at radius 3 is 2.12 bits per heavy atom. The molecule has 1 amide bonds. The standard InChI is InChI=1S/C11H21NO4/c1-5-8(6-2)10(14)9(7(3)13)12-11(15)16-4/h7-9,13H,5-6H2,1-4H3,(H,12,15)/t7-,9+/m1/s1. The molecule has 2 N–H and O–H groups in total. The molecule has 0 heterocycles. The molecular weight excluding hydrogens is 210 g/mol. The second-order valence-corrected chi connectivity index (χ2v) is 3.77. The van der Waals surface area contributed by atoms with Crippen molar-refractivity contribution in [3.8, 4) is 0 Å². The molecule has 0 aromatic rings. The lowest BCUT2D eigenvalue weighted by molar-refractivity contribution is -0.127. The molecule has 0 bridgehead atoms. The molecular formula is C11H21NO4. The van der Waals surface area contributed by atoms with Crippen LogP contribution < -0.4 is 5.32 Å². The summed E-state index contributed by atoms with van der Waals surface area (Å²) in [7, 11) is 1.22. The zero-order valence-electron chi connectivity index (χ0n) is 10.3. The summed E-state index contributed by atoms with van der Waals surface area (Å²) in [6.45, 7) is 5.29. The molecule has 0 saturated carbocycles. The van der Waals surface area contributed by atoms with E-state index in [0.29, 0.717) is 12.8 Å². The van der Waals surface area contributed by atoms with E-state index in [9.17, 15) is 14.7 Å². The number of amides is 1. The zero-order chi connectivity index (χ0) is 12.7. The smallest absolute Gasteiger partial charge is 0.407 e. The van der Waals surface area contributed by atoms with Gasteiger partial charge < -0.3 is 15.2 Å². The zero-order valence-corrected chi connectivity index (χ0v) is 10.3. The number of rotatable bonds is 6. The van der Waals surface area contributed by atoms with Crippen molar-refractivity contribution in [3.05, 3.63) is 0 Å². The fraction of sp³-hybridized carbons (Fsp3) is 0.818. The average molecular weight is 231 g/mol. The number of aliphatic hydroxyl groups excluding tert-OH is 1. The van der Waals surface area contributed by atoms with Gasteiger partial charge in [0.1, 0.15) is 6.04 Å². The monoisotopic (exact) mass is 231 g/mol. The van der Waals surface area contributed by atoms with Gasteiger partial charge in [0.2, 0.25) is 0 Å². The maximum Gasteiger partial charge on any atom is 0.407 e. The van der Waals surface area contributed by atoms with Crippen molar-refractivity contribution >= 4 is 11.9 Å². The Labute approximate surface area is 96.2 Å². The molecule has 0 saturated heterocycles. The number of hydrogen-bond donors (Lipinski definition) is 2. The van der Waals surface area contributed by atoms with Crippen molar-refractivity contribution in [2.75, 3.05) is 7.11 Å². The number of ketones is 1. The first kappa shape index (κ1) is 14.9. The Morgan fingerprint density at radius 1 is 1.31 bits per heavy atom. The van der Waals surface area contributed by atoms with Crippen LogP contribution in [0.15, 0.2) is 0 Å². The maximum atomic E-state index is 12.0. The van der Waals surface area contributed by atoms with Crippen LogP contribution in [0.3, 0.4) is 0 Å². The van der Waals surface area contributed by atoms with Gasteiger partial charge in [0.15, 0.2) is 5.78 Å². The number of nitrogens with one attached hydrogen (secondary N) is 1. The Bertz CT molecular complexity index is 236. The summed E-state index contributed by atoms with van der Waals surface area (Å²) in [4.78, 5) is 23.0. The first-order valence-electron chi connectivity index (χ1n) is 5.54. The van der Waals surface area contributed by atoms with Gasteiger partial charge in [-0.25, -0.2) is 4.79 Å². The predicted molar refractivity (Wildman–Crippen MR) is 60.1 cm³/mol. The normalized spacial score (nSPS) is 14.4. The molecule has 0 fully saturated rings. The van der Waals surface area contributed by atoms with Gasteiger partial charge in [0.25, 0.3) is 0 Å². The van der Waals surface area contributed by atoms with Gasteiger partial charge >= 0.3 is 6.09 Å². The quantitative estimate of drug-likeness (QED) is 0.717. The fourth-order valence-corrected chi connectivity index (χ4v) is 1.56. The highest BCUT2D eigenvalue weighted by atomic mass is 16.5. The van der Waals surface area contributed by atoms with Crippen molar-refractivity contribution in [3.63, 3.8) is 0 Å². The van der Waals surface area contributed by atoms with Gasteiger partial charge in [-0.1, -0.05) is 13.8 Å². The van der Waals surface area contributed by atoms with Crippen LogP contribution in [0.25, 0.3) is 0 Å². The second-order valence-electron chi connectivity index (χ2n) is 3.77. The third-order valence-electron chi connectivity index (χ3n) is 2.64. The van der Waals surface area contributed by atoms with Gasteiger partial charge in [0.05, 0.1) is 13.2 Å². The van der Waals surface area contributed by atoms with Gasteiger partial charge in [-0.15, -0.1) is 0 Å². The fourth-order valence-electron chi connectivity index (χ4n) is 1.56. The number of alkyl carbamates (subject to hydrolysis) is 1. The predicted octanol–water partition coefficient (Wildman–Crippen LogP) is 1.10. The van der Waals surface area contributed by atoms with E-state index in [1.54, 1.807) is 0 Å². The van der Waals surface area contributed by atoms with Crippen molar-refractivity contribution in [1.82, 2.24) is 5.32 Å². The van der Waals surface area contributed by atoms with Crippen LogP contribution in [0.1, 0.15) is 33.6 Å². The lowest BCUT2D eigenvalue weighted by atomic mass is 9.91. The molecule has 0 aliphatic carbocycles. The number of carbonyl (C=O) groups excluding carboxylic acids is 2. The molecule has 0 aromatic heterocycles. The molecule has 0 unspecified atom stereocenters. The Morgan fingerprint density at radius 2 is 1.81 bits per heavy atom. The highest BCUT2D eigenvalue weighted by Crippen LogP contribution is 2.13. The van der Waals surface area contributed by atoms with E-state index in [1.165, 1.54) is 14.0 Å². The summed E-state index contributed by atoms with van der Waals surface area (Å²) in [6, 6.07) is -0.891. The van der Waals surface area contributed by atoms with Crippen molar-refractivity contribution in [2.45, 2.75) is 45.8 Å². The summed E-state index contributed by atoms with van der Waals surface area (Å²) in [6.07, 6.45) is -0.236. The first-order valence-corrected chi connectivity index (χ1v) is 5.54. The molecule has 16 heavy (non-hydrogen) atoms. The second kappa shape index (κ2) is 7.22.